The van der Waals surface area contributed by atoms with Crippen molar-refractivity contribution in [2.45, 2.75) is 13.3 Å². The molecule has 0 unspecified atom stereocenters. The highest BCUT2D eigenvalue weighted by atomic mass is 16.5. The van der Waals surface area contributed by atoms with Gasteiger partial charge in [0.2, 0.25) is 11.4 Å². The van der Waals surface area contributed by atoms with Gasteiger partial charge in [0.15, 0.2) is 17.3 Å². The Morgan fingerprint density at radius 1 is 0.778 bits per heavy atom. The Kier molecular flexibility index (Phi) is 5.29. The number of hydrogen-bond acceptors (Lipinski definition) is 6. The Bertz CT molecular complexity index is 1230. The summed E-state index contributed by atoms with van der Waals surface area (Å²) in [6.45, 7) is 11.7. The maximum Gasteiger partial charge on any atom is 0.228 e. The van der Waals surface area contributed by atoms with Crippen LogP contribution in [0.25, 0.3) is 11.1 Å². The molecule has 0 saturated carbocycles. The van der Waals surface area contributed by atoms with E-state index >= 15 is 0 Å². The lowest BCUT2D eigenvalue weighted by Gasteiger charge is -2.44. The van der Waals surface area contributed by atoms with Crippen LogP contribution in [0.15, 0.2) is 18.2 Å². The number of hydrogen-bond donors (Lipinski definition) is 0. The van der Waals surface area contributed by atoms with Gasteiger partial charge in [0.1, 0.15) is 58.2 Å². The summed E-state index contributed by atoms with van der Waals surface area (Å²) in [5.41, 5.74) is 5.52. The average Bonchev–Trinajstić information content (AvgIpc) is 3.23. The van der Waals surface area contributed by atoms with E-state index in [1.807, 2.05) is 12.1 Å². The minimum Gasteiger partial charge on any atom is -0.487 e. The molecule has 2 aromatic carbocycles. The van der Waals surface area contributed by atoms with Crippen LogP contribution >= 0.6 is 0 Å². The number of rotatable bonds is 3. The van der Waals surface area contributed by atoms with Gasteiger partial charge in [0, 0.05) is 5.56 Å². The fourth-order valence-corrected chi connectivity index (χ4v) is 6.87. The zero-order valence-electron chi connectivity index (χ0n) is 21.0. The van der Waals surface area contributed by atoms with Crippen LogP contribution in [0.5, 0.6) is 17.2 Å². The number of fused-ring (bicyclic) bond motifs is 4. The van der Waals surface area contributed by atoms with Crippen molar-refractivity contribution in [2.24, 2.45) is 0 Å². The monoisotopic (exact) mass is 494 g/mol. The van der Waals surface area contributed by atoms with Gasteiger partial charge < -0.3 is 23.7 Å². The number of ether oxygens (including phenoxy) is 5. The second-order valence-corrected chi connectivity index (χ2v) is 10.5. The third kappa shape index (κ3) is 3.05. The van der Waals surface area contributed by atoms with Crippen LogP contribution < -0.4 is 23.2 Å². The smallest absolute Gasteiger partial charge is 0.228 e. The number of carbonyl (C=O) groups is 1. The van der Waals surface area contributed by atoms with Crippen molar-refractivity contribution in [3.05, 3.63) is 29.3 Å². The van der Waals surface area contributed by atoms with Gasteiger partial charge in [0.25, 0.3) is 0 Å². The van der Waals surface area contributed by atoms with Crippen LogP contribution in [0.3, 0.4) is 0 Å². The summed E-state index contributed by atoms with van der Waals surface area (Å²) in [6, 6.07) is 6.21. The highest BCUT2D eigenvalue weighted by molar-refractivity contribution is 6.27. The van der Waals surface area contributed by atoms with E-state index in [9.17, 15) is 4.79 Å². The molecule has 190 valence electrons. The van der Waals surface area contributed by atoms with Crippen molar-refractivity contribution < 1.29 is 28.5 Å². The molecule has 2 saturated heterocycles. The number of morpholine rings is 2. The molecule has 5 aliphatic rings. The Labute approximate surface area is 211 Å². The van der Waals surface area contributed by atoms with E-state index in [2.05, 4.69) is 13.0 Å². The fraction of sp³-hybridized carbons (Fsp3) is 0.536. The second kappa shape index (κ2) is 8.45. The Morgan fingerprint density at radius 3 is 2.14 bits per heavy atom. The lowest BCUT2D eigenvalue weighted by Crippen LogP contribution is -2.60. The van der Waals surface area contributed by atoms with Gasteiger partial charge in [-0.25, -0.2) is 0 Å². The van der Waals surface area contributed by atoms with Crippen molar-refractivity contribution in [3.8, 4) is 28.4 Å². The molecular weight excluding hydrogens is 460 g/mol. The molecule has 4 heterocycles. The molecule has 0 radical (unpaired) electrons. The number of quaternary nitrogens is 2. The third-order valence-corrected chi connectivity index (χ3v) is 8.73. The molecule has 2 aromatic rings. The lowest BCUT2D eigenvalue weighted by atomic mass is 9.96. The Hall–Kier alpha value is -2.65. The number of benzene rings is 2. The molecule has 2 spiro atoms. The number of nitrogens with zero attached hydrogens (tertiary/aromatic N) is 2. The molecule has 36 heavy (non-hydrogen) atoms. The minimum absolute atomic E-state index is 0.0111. The number of ketones is 1. The first kappa shape index (κ1) is 22.5. The summed E-state index contributed by atoms with van der Waals surface area (Å²) in [7, 11) is 0. The summed E-state index contributed by atoms with van der Waals surface area (Å²) in [4.78, 5) is 14.1. The van der Waals surface area contributed by atoms with E-state index in [-0.39, 0.29) is 5.78 Å². The van der Waals surface area contributed by atoms with Crippen molar-refractivity contribution in [1.29, 1.82) is 0 Å². The van der Waals surface area contributed by atoms with E-state index in [4.69, 9.17) is 23.7 Å². The summed E-state index contributed by atoms with van der Waals surface area (Å²) >= 11 is 0. The highest BCUT2D eigenvalue weighted by Gasteiger charge is 2.51. The normalized spacial score (nSPS) is 22.8. The van der Waals surface area contributed by atoms with E-state index < -0.39 is 0 Å². The highest BCUT2D eigenvalue weighted by Crippen LogP contribution is 2.62. The van der Waals surface area contributed by atoms with E-state index in [1.165, 1.54) is 5.69 Å². The second-order valence-electron chi connectivity index (χ2n) is 10.5. The van der Waals surface area contributed by atoms with E-state index in [0.29, 0.717) is 63.3 Å². The van der Waals surface area contributed by atoms with Crippen LogP contribution in [0.4, 0.5) is 11.4 Å². The third-order valence-electron chi connectivity index (χ3n) is 8.73. The summed E-state index contributed by atoms with van der Waals surface area (Å²) < 4.78 is 32.7. The van der Waals surface area contributed by atoms with Gasteiger partial charge >= 0.3 is 0 Å². The molecular formula is C28H34N2O6+2. The molecule has 4 aliphatic heterocycles. The first-order chi connectivity index (χ1) is 17.7. The fourth-order valence-electron chi connectivity index (χ4n) is 6.87. The van der Waals surface area contributed by atoms with Gasteiger partial charge in [0.05, 0.1) is 49.7 Å². The predicted molar refractivity (Wildman–Crippen MR) is 137 cm³/mol. The van der Waals surface area contributed by atoms with Crippen molar-refractivity contribution in [1.82, 2.24) is 8.97 Å². The van der Waals surface area contributed by atoms with Crippen LogP contribution in [0, 0.1) is 0 Å². The van der Waals surface area contributed by atoms with Crippen LogP contribution in [-0.4, -0.2) is 91.3 Å². The zero-order valence-corrected chi connectivity index (χ0v) is 21.0. The van der Waals surface area contributed by atoms with Gasteiger partial charge in [-0.15, -0.1) is 0 Å². The van der Waals surface area contributed by atoms with Crippen LogP contribution in [0.1, 0.15) is 29.3 Å². The maximum absolute atomic E-state index is 14.1. The molecule has 7 rings (SSSR count). The first-order valence-electron chi connectivity index (χ1n) is 13.4. The molecule has 0 aromatic heterocycles. The Balaban J connectivity index is 1.57. The topological polar surface area (TPSA) is 63.2 Å². The Morgan fingerprint density at radius 2 is 1.42 bits per heavy atom. The molecule has 2 fully saturated rings. The lowest BCUT2D eigenvalue weighted by molar-refractivity contribution is 0.0242. The molecule has 0 N–H and O–H groups in total. The summed E-state index contributed by atoms with van der Waals surface area (Å²) in [5, 5.41) is 0. The molecule has 8 nitrogen and oxygen atoms in total. The molecule has 1 aliphatic carbocycles. The standard InChI is InChI=1S/C28H34N2O6/c1-2-12-34-26-22-21-19-4-3-5-20(21)29(6-13-32-14-7-29)10-17-35-27(23(22)25(19)31)28-24(26)30(11-18-36-28)8-15-33-16-9-30/h3-5H,2,6-18H2,1H3/q+2. The first-order valence-corrected chi connectivity index (χ1v) is 13.4. The summed E-state index contributed by atoms with van der Waals surface area (Å²) in [6.07, 6.45) is 0.881. The molecule has 4 bridgehead atoms. The maximum atomic E-state index is 14.1. The van der Waals surface area contributed by atoms with Gasteiger partial charge in [-0.1, -0.05) is 13.0 Å². The van der Waals surface area contributed by atoms with Crippen LogP contribution in [-0.2, 0) is 9.47 Å². The van der Waals surface area contributed by atoms with Gasteiger partial charge in [-0.05, 0) is 18.6 Å². The SMILES string of the molecule is CCCOc1c2c3c(c4c1[N+]1(CCOCC1)CCO4)OCC[N+]1(CCOCC1)c1cccc(c1-2)C3=O. The average molecular weight is 495 g/mol. The molecule has 8 heteroatoms. The molecule has 0 atom stereocenters. The molecule has 0 amide bonds. The summed E-state index contributed by atoms with van der Waals surface area (Å²) in [5.74, 6) is 2.12. The van der Waals surface area contributed by atoms with E-state index in [1.54, 1.807) is 0 Å². The predicted octanol–water partition coefficient (Wildman–Crippen LogP) is 3.15. The number of carbonyl (C=O) groups excluding carboxylic acids is 1. The van der Waals surface area contributed by atoms with Crippen molar-refractivity contribution in [2.75, 3.05) is 85.5 Å². The van der Waals surface area contributed by atoms with E-state index in [0.717, 1.165) is 82.8 Å². The van der Waals surface area contributed by atoms with Crippen molar-refractivity contribution >= 4 is 17.2 Å². The van der Waals surface area contributed by atoms with Crippen LogP contribution in [0.2, 0.25) is 0 Å². The largest absolute Gasteiger partial charge is 0.487 e. The zero-order chi connectivity index (χ0) is 24.3. The minimum atomic E-state index is 0.0111. The quantitative estimate of drug-likeness (QED) is 0.522. The van der Waals surface area contributed by atoms with Gasteiger partial charge in [-0.2, -0.15) is 0 Å². The van der Waals surface area contributed by atoms with Gasteiger partial charge in [-0.3, -0.25) is 13.8 Å². The van der Waals surface area contributed by atoms with Crippen molar-refractivity contribution in [3.63, 3.8) is 0 Å².